The SMILES string of the molecule is COc1cc(C(=O)NC(C)c2cccs2)cc(Cl)c1OCC(N)=O. The van der Waals surface area contributed by atoms with Crippen molar-refractivity contribution in [3.63, 3.8) is 0 Å². The summed E-state index contributed by atoms with van der Waals surface area (Å²) in [5.41, 5.74) is 5.38. The highest BCUT2D eigenvalue weighted by atomic mass is 35.5. The van der Waals surface area contributed by atoms with E-state index in [0.717, 1.165) is 4.88 Å². The van der Waals surface area contributed by atoms with Gasteiger partial charge in [-0.1, -0.05) is 17.7 Å². The minimum absolute atomic E-state index is 0.131. The van der Waals surface area contributed by atoms with E-state index < -0.39 is 5.91 Å². The van der Waals surface area contributed by atoms with Crippen LogP contribution < -0.4 is 20.5 Å². The van der Waals surface area contributed by atoms with Crippen LogP contribution in [0.3, 0.4) is 0 Å². The predicted molar refractivity (Wildman–Crippen MR) is 92.9 cm³/mol. The average Bonchev–Trinajstić information content (AvgIpc) is 3.07. The molecule has 0 fully saturated rings. The van der Waals surface area contributed by atoms with Crippen molar-refractivity contribution in [2.45, 2.75) is 13.0 Å². The number of hydrogen-bond acceptors (Lipinski definition) is 5. The van der Waals surface area contributed by atoms with E-state index in [2.05, 4.69) is 5.32 Å². The number of rotatable bonds is 7. The summed E-state index contributed by atoms with van der Waals surface area (Å²) in [6, 6.07) is 6.69. The molecule has 1 aromatic carbocycles. The van der Waals surface area contributed by atoms with Crippen molar-refractivity contribution < 1.29 is 19.1 Å². The van der Waals surface area contributed by atoms with Crippen LogP contribution >= 0.6 is 22.9 Å². The molecule has 2 rings (SSSR count). The van der Waals surface area contributed by atoms with Crippen LogP contribution in [-0.4, -0.2) is 25.5 Å². The predicted octanol–water partition coefficient (Wildman–Crippen LogP) is 2.77. The maximum absolute atomic E-state index is 12.4. The van der Waals surface area contributed by atoms with Crippen molar-refractivity contribution in [3.05, 3.63) is 45.1 Å². The van der Waals surface area contributed by atoms with Gasteiger partial charge in [-0.3, -0.25) is 9.59 Å². The largest absolute Gasteiger partial charge is 0.493 e. The number of thiophene rings is 1. The average molecular weight is 369 g/mol. The first kappa shape index (κ1) is 18.1. The Bertz CT molecular complexity index is 734. The van der Waals surface area contributed by atoms with E-state index in [1.54, 1.807) is 11.3 Å². The molecule has 2 amide bonds. The maximum Gasteiger partial charge on any atom is 0.255 e. The Labute approximate surface area is 148 Å². The first-order valence-corrected chi connectivity index (χ1v) is 8.31. The highest BCUT2D eigenvalue weighted by molar-refractivity contribution is 7.10. The van der Waals surface area contributed by atoms with Gasteiger partial charge < -0.3 is 20.5 Å². The van der Waals surface area contributed by atoms with Gasteiger partial charge in [-0.05, 0) is 30.5 Å². The summed E-state index contributed by atoms with van der Waals surface area (Å²) in [7, 11) is 1.42. The minimum Gasteiger partial charge on any atom is -0.493 e. The first-order chi connectivity index (χ1) is 11.4. The molecule has 128 valence electrons. The second-order valence-corrected chi connectivity index (χ2v) is 6.34. The van der Waals surface area contributed by atoms with Crippen molar-refractivity contribution in [1.29, 1.82) is 0 Å². The molecule has 24 heavy (non-hydrogen) atoms. The van der Waals surface area contributed by atoms with Crippen LogP contribution in [0.15, 0.2) is 29.6 Å². The summed E-state index contributed by atoms with van der Waals surface area (Å²) in [6.45, 7) is 1.56. The molecule has 0 aliphatic carbocycles. The van der Waals surface area contributed by atoms with Gasteiger partial charge in [0.1, 0.15) is 0 Å². The second-order valence-electron chi connectivity index (χ2n) is 4.96. The van der Waals surface area contributed by atoms with Crippen LogP contribution in [-0.2, 0) is 4.79 Å². The van der Waals surface area contributed by atoms with Crippen molar-refractivity contribution in [3.8, 4) is 11.5 Å². The standard InChI is InChI=1S/C16H17ClN2O4S/c1-9(13-4-3-5-24-13)19-16(21)10-6-11(17)15(12(7-10)22-2)23-8-14(18)20/h3-7,9H,8H2,1-2H3,(H2,18,20)(H,19,21). The molecule has 3 N–H and O–H groups in total. The highest BCUT2D eigenvalue weighted by Gasteiger charge is 2.18. The number of primary amides is 1. The summed E-state index contributed by atoms with van der Waals surface area (Å²) in [5.74, 6) is -0.518. The Kier molecular flexibility index (Phi) is 6.05. The Morgan fingerprint density at radius 2 is 2.17 bits per heavy atom. The van der Waals surface area contributed by atoms with Crippen LogP contribution in [0.2, 0.25) is 5.02 Å². The zero-order valence-corrected chi connectivity index (χ0v) is 14.7. The van der Waals surface area contributed by atoms with E-state index in [-0.39, 0.29) is 35.1 Å². The Morgan fingerprint density at radius 1 is 1.42 bits per heavy atom. The molecular formula is C16H17ClN2O4S. The van der Waals surface area contributed by atoms with Crippen molar-refractivity contribution >= 4 is 34.8 Å². The maximum atomic E-state index is 12.4. The summed E-state index contributed by atoms with van der Waals surface area (Å²) >= 11 is 7.70. The van der Waals surface area contributed by atoms with Gasteiger partial charge in [0.15, 0.2) is 18.1 Å². The molecule has 0 bridgehead atoms. The number of amides is 2. The minimum atomic E-state index is -0.639. The van der Waals surface area contributed by atoms with Gasteiger partial charge in [0.25, 0.3) is 11.8 Å². The van der Waals surface area contributed by atoms with E-state index in [1.807, 2.05) is 24.4 Å². The van der Waals surface area contributed by atoms with Crippen molar-refractivity contribution in [2.75, 3.05) is 13.7 Å². The van der Waals surface area contributed by atoms with Crippen LogP contribution in [0.1, 0.15) is 28.2 Å². The lowest BCUT2D eigenvalue weighted by Gasteiger charge is -2.15. The van der Waals surface area contributed by atoms with Gasteiger partial charge in [-0.25, -0.2) is 0 Å². The lowest BCUT2D eigenvalue weighted by Crippen LogP contribution is -2.26. The van der Waals surface area contributed by atoms with Crippen molar-refractivity contribution in [1.82, 2.24) is 5.32 Å². The smallest absolute Gasteiger partial charge is 0.255 e. The third kappa shape index (κ3) is 4.39. The van der Waals surface area contributed by atoms with Crippen LogP contribution in [0, 0.1) is 0 Å². The third-order valence-electron chi connectivity index (χ3n) is 3.17. The van der Waals surface area contributed by atoms with Crippen LogP contribution in [0.25, 0.3) is 0 Å². The van der Waals surface area contributed by atoms with E-state index in [4.69, 9.17) is 26.8 Å². The fraction of sp³-hybridized carbons (Fsp3) is 0.250. The Morgan fingerprint density at radius 3 is 2.75 bits per heavy atom. The first-order valence-electron chi connectivity index (χ1n) is 7.05. The molecule has 8 heteroatoms. The molecule has 0 aliphatic heterocycles. The molecule has 1 atom stereocenters. The molecule has 0 radical (unpaired) electrons. The van der Waals surface area contributed by atoms with Gasteiger partial charge in [0.2, 0.25) is 0 Å². The Hall–Kier alpha value is -2.25. The number of ether oxygens (including phenoxy) is 2. The number of carbonyl (C=O) groups excluding carboxylic acids is 2. The number of carbonyl (C=O) groups is 2. The van der Waals surface area contributed by atoms with Crippen LogP contribution in [0.4, 0.5) is 0 Å². The van der Waals surface area contributed by atoms with Gasteiger partial charge in [-0.2, -0.15) is 0 Å². The summed E-state index contributed by atoms with van der Waals surface area (Å²) in [5, 5.41) is 4.99. The van der Waals surface area contributed by atoms with E-state index >= 15 is 0 Å². The molecule has 1 heterocycles. The number of methoxy groups -OCH3 is 1. The number of nitrogens with one attached hydrogen (secondary N) is 1. The van der Waals surface area contributed by atoms with Crippen molar-refractivity contribution in [2.24, 2.45) is 5.73 Å². The summed E-state index contributed by atoms with van der Waals surface area (Å²) < 4.78 is 10.4. The van der Waals surface area contributed by atoms with E-state index in [0.29, 0.717) is 5.56 Å². The fourth-order valence-electron chi connectivity index (χ4n) is 2.02. The van der Waals surface area contributed by atoms with Gasteiger partial charge in [-0.15, -0.1) is 11.3 Å². The van der Waals surface area contributed by atoms with Gasteiger partial charge in [0.05, 0.1) is 18.2 Å². The summed E-state index contributed by atoms with van der Waals surface area (Å²) in [4.78, 5) is 24.3. The molecule has 0 aliphatic rings. The molecular weight excluding hydrogens is 352 g/mol. The third-order valence-corrected chi connectivity index (χ3v) is 4.50. The molecule has 0 saturated heterocycles. The van der Waals surface area contributed by atoms with Gasteiger partial charge >= 0.3 is 0 Å². The number of nitrogens with two attached hydrogens (primary N) is 1. The Balaban J connectivity index is 2.19. The molecule has 0 spiro atoms. The molecule has 6 nitrogen and oxygen atoms in total. The van der Waals surface area contributed by atoms with E-state index in [9.17, 15) is 9.59 Å². The lowest BCUT2D eigenvalue weighted by molar-refractivity contribution is -0.119. The zero-order valence-electron chi connectivity index (χ0n) is 13.2. The topological polar surface area (TPSA) is 90.7 Å². The molecule has 1 unspecified atom stereocenters. The quantitative estimate of drug-likeness (QED) is 0.786. The second kappa shape index (κ2) is 8.03. The molecule has 1 aromatic heterocycles. The molecule has 2 aromatic rings. The van der Waals surface area contributed by atoms with E-state index in [1.165, 1.54) is 19.2 Å². The fourth-order valence-corrected chi connectivity index (χ4v) is 3.02. The monoisotopic (exact) mass is 368 g/mol. The van der Waals surface area contributed by atoms with Gasteiger partial charge in [0, 0.05) is 10.4 Å². The number of hydrogen-bond donors (Lipinski definition) is 2. The van der Waals surface area contributed by atoms with Crippen LogP contribution in [0.5, 0.6) is 11.5 Å². The normalized spacial score (nSPS) is 11.6. The lowest BCUT2D eigenvalue weighted by atomic mass is 10.1. The number of halogens is 1. The number of benzene rings is 1. The summed E-state index contributed by atoms with van der Waals surface area (Å²) in [6.07, 6.45) is 0. The zero-order chi connectivity index (χ0) is 17.7. The molecule has 0 saturated carbocycles. The highest BCUT2D eigenvalue weighted by Crippen LogP contribution is 2.36.